The van der Waals surface area contributed by atoms with Gasteiger partial charge in [-0.3, -0.25) is 4.79 Å². The van der Waals surface area contributed by atoms with E-state index in [9.17, 15) is 4.79 Å². The normalized spacial score (nSPS) is 20.6. The van der Waals surface area contributed by atoms with Gasteiger partial charge >= 0.3 is 5.97 Å². The molecule has 0 N–H and O–H groups in total. The highest BCUT2D eigenvalue weighted by molar-refractivity contribution is 5.75. The smallest absolute Gasteiger partial charge is 0.310 e. The maximum Gasteiger partial charge on any atom is 0.310 e. The molecule has 1 aromatic rings. The zero-order chi connectivity index (χ0) is 13.0. The van der Waals surface area contributed by atoms with Crippen molar-refractivity contribution < 1.29 is 14.3 Å². The van der Waals surface area contributed by atoms with Crippen LogP contribution in [0.5, 0.6) is 5.75 Å². The highest BCUT2D eigenvalue weighted by Gasteiger charge is 2.40. The van der Waals surface area contributed by atoms with Gasteiger partial charge in [0.05, 0.1) is 13.0 Å². The van der Waals surface area contributed by atoms with E-state index in [2.05, 4.69) is 11.8 Å². The average Bonchev–Trinajstić information content (AvgIpc) is 3.12. The number of hydrogen-bond donors (Lipinski definition) is 0. The predicted molar refractivity (Wildman–Crippen MR) is 68.1 cm³/mol. The fraction of sp³-hybridized carbons (Fsp3) is 0.400. The fourth-order valence-corrected chi connectivity index (χ4v) is 1.70. The van der Waals surface area contributed by atoms with Gasteiger partial charge in [0.25, 0.3) is 0 Å². The molecule has 3 heteroatoms. The molecule has 0 aromatic heterocycles. The molecule has 1 aliphatic carbocycles. The molecule has 94 valence electrons. The van der Waals surface area contributed by atoms with E-state index in [0.717, 1.165) is 17.7 Å². The van der Waals surface area contributed by atoms with Gasteiger partial charge in [0, 0.05) is 5.56 Å². The Kier molecular flexibility index (Phi) is 3.88. The molecular formula is C15H16O3. The second-order valence-electron chi connectivity index (χ2n) is 4.46. The molecule has 0 saturated heterocycles. The van der Waals surface area contributed by atoms with Gasteiger partial charge in [-0.2, -0.15) is 0 Å². The molecule has 0 heterocycles. The van der Waals surface area contributed by atoms with Crippen molar-refractivity contribution in [2.75, 3.05) is 13.7 Å². The lowest BCUT2D eigenvalue weighted by molar-refractivity contribution is -0.144. The van der Waals surface area contributed by atoms with Crippen LogP contribution in [0, 0.1) is 23.7 Å². The van der Waals surface area contributed by atoms with Crippen LogP contribution >= 0.6 is 0 Å². The number of rotatable bonds is 3. The summed E-state index contributed by atoms with van der Waals surface area (Å²) < 4.78 is 10.2. The minimum absolute atomic E-state index is 0.101. The molecule has 2 atom stereocenters. The maximum absolute atomic E-state index is 11.4. The first-order chi connectivity index (χ1) is 8.70. The summed E-state index contributed by atoms with van der Waals surface area (Å²) in [6, 6.07) is 7.47. The second-order valence-corrected chi connectivity index (χ2v) is 4.46. The van der Waals surface area contributed by atoms with Crippen LogP contribution in [0.1, 0.15) is 18.9 Å². The summed E-state index contributed by atoms with van der Waals surface area (Å²) in [7, 11) is 1.62. The topological polar surface area (TPSA) is 35.5 Å². The monoisotopic (exact) mass is 244 g/mol. The van der Waals surface area contributed by atoms with Crippen molar-refractivity contribution in [1.29, 1.82) is 0 Å². The number of methoxy groups -OCH3 is 1. The fourth-order valence-electron chi connectivity index (χ4n) is 1.70. The van der Waals surface area contributed by atoms with Gasteiger partial charge in [-0.15, -0.1) is 0 Å². The molecule has 0 amide bonds. The van der Waals surface area contributed by atoms with Crippen molar-refractivity contribution in [2.45, 2.75) is 13.3 Å². The summed E-state index contributed by atoms with van der Waals surface area (Å²) in [5.74, 6) is 6.99. The molecule has 0 spiro atoms. The molecule has 0 unspecified atom stereocenters. The van der Waals surface area contributed by atoms with Crippen molar-refractivity contribution in [2.24, 2.45) is 11.8 Å². The Labute approximate surface area is 107 Å². The molecule has 1 aromatic carbocycles. The maximum atomic E-state index is 11.4. The summed E-state index contributed by atoms with van der Waals surface area (Å²) >= 11 is 0. The molecule has 2 rings (SSSR count). The molecule has 0 aliphatic heterocycles. The van der Waals surface area contributed by atoms with E-state index in [-0.39, 0.29) is 18.5 Å². The number of esters is 1. The first-order valence-corrected chi connectivity index (χ1v) is 6.00. The Balaban J connectivity index is 1.82. The molecule has 0 bridgehead atoms. The van der Waals surface area contributed by atoms with Crippen LogP contribution in [0.15, 0.2) is 24.3 Å². The largest absolute Gasteiger partial charge is 0.497 e. The van der Waals surface area contributed by atoms with E-state index in [1.54, 1.807) is 7.11 Å². The van der Waals surface area contributed by atoms with E-state index >= 15 is 0 Å². The van der Waals surface area contributed by atoms with Gasteiger partial charge < -0.3 is 9.47 Å². The van der Waals surface area contributed by atoms with E-state index in [1.807, 2.05) is 31.2 Å². The number of hydrogen-bond acceptors (Lipinski definition) is 3. The third-order valence-corrected chi connectivity index (χ3v) is 3.00. The van der Waals surface area contributed by atoms with Crippen LogP contribution in [0.3, 0.4) is 0 Å². The Hall–Kier alpha value is -1.95. The molecule has 18 heavy (non-hydrogen) atoms. The van der Waals surface area contributed by atoms with Gasteiger partial charge in [-0.1, -0.05) is 24.8 Å². The van der Waals surface area contributed by atoms with Gasteiger partial charge in [-0.05, 0) is 30.5 Å². The van der Waals surface area contributed by atoms with Gasteiger partial charge in [-0.25, -0.2) is 0 Å². The average molecular weight is 244 g/mol. The summed E-state index contributed by atoms with van der Waals surface area (Å²) in [4.78, 5) is 11.4. The van der Waals surface area contributed by atoms with Crippen LogP contribution in [0.4, 0.5) is 0 Å². The number of ether oxygens (including phenoxy) is 2. The lowest BCUT2D eigenvalue weighted by atomic mass is 10.2. The van der Waals surface area contributed by atoms with Crippen LogP contribution in [-0.2, 0) is 9.53 Å². The van der Waals surface area contributed by atoms with E-state index in [0.29, 0.717) is 5.92 Å². The molecular weight excluding hydrogens is 228 g/mol. The number of carbonyl (C=O) groups excluding carboxylic acids is 1. The third-order valence-electron chi connectivity index (χ3n) is 3.00. The Morgan fingerprint density at radius 2 is 2.28 bits per heavy atom. The van der Waals surface area contributed by atoms with Gasteiger partial charge in [0.15, 0.2) is 6.61 Å². The minimum atomic E-state index is -0.123. The SMILES string of the molecule is COc1cccc(C#CCOC(=O)[C@@H]2C[C@@H]2C)c1. The second kappa shape index (κ2) is 5.59. The third kappa shape index (κ3) is 3.27. The first-order valence-electron chi connectivity index (χ1n) is 6.00. The molecule has 1 aliphatic rings. The Bertz CT molecular complexity index is 496. The minimum Gasteiger partial charge on any atom is -0.497 e. The Morgan fingerprint density at radius 1 is 1.50 bits per heavy atom. The summed E-state index contributed by atoms with van der Waals surface area (Å²) in [6.45, 7) is 2.20. The van der Waals surface area contributed by atoms with Crippen molar-refractivity contribution >= 4 is 5.97 Å². The number of carbonyl (C=O) groups is 1. The van der Waals surface area contributed by atoms with Gasteiger partial charge in [0.1, 0.15) is 5.75 Å². The molecule has 1 saturated carbocycles. The van der Waals surface area contributed by atoms with Gasteiger partial charge in [0.2, 0.25) is 0 Å². The van der Waals surface area contributed by atoms with Crippen LogP contribution in [-0.4, -0.2) is 19.7 Å². The zero-order valence-electron chi connectivity index (χ0n) is 10.6. The van der Waals surface area contributed by atoms with Crippen LogP contribution < -0.4 is 4.74 Å². The lowest BCUT2D eigenvalue weighted by Gasteiger charge is -1.99. The van der Waals surface area contributed by atoms with Crippen molar-refractivity contribution in [3.8, 4) is 17.6 Å². The first kappa shape index (κ1) is 12.5. The number of benzene rings is 1. The van der Waals surface area contributed by atoms with Crippen LogP contribution in [0.25, 0.3) is 0 Å². The lowest BCUT2D eigenvalue weighted by Crippen LogP contribution is -2.07. The van der Waals surface area contributed by atoms with Crippen molar-refractivity contribution in [1.82, 2.24) is 0 Å². The molecule has 1 fully saturated rings. The highest BCUT2D eigenvalue weighted by atomic mass is 16.5. The van der Waals surface area contributed by atoms with Crippen molar-refractivity contribution in [3.63, 3.8) is 0 Å². The zero-order valence-corrected chi connectivity index (χ0v) is 10.6. The highest BCUT2D eigenvalue weighted by Crippen LogP contribution is 2.38. The van der Waals surface area contributed by atoms with E-state index in [1.165, 1.54) is 0 Å². The Morgan fingerprint density at radius 3 is 2.94 bits per heavy atom. The molecule has 3 nitrogen and oxygen atoms in total. The van der Waals surface area contributed by atoms with Crippen molar-refractivity contribution in [3.05, 3.63) is 29.8 Å². The molecule has 0 radical (unpaired) electrons. The predicted octanol–water partition coefficient (Wildman–Crippen LogP) is 2.25. The van der Waals surface area contributed by atoms with E-state index < -0.39 is 0 Å². The van der Waals surface area contributed by atoms with Crippen LogP contribution in [0.2, 0.25) is 0 Å². The summed E-state index contributed by atoms with van der Waals surface area (Å²) in [5, 5.41) is 0. The van der Waals surface area contributed by atoms with E-state index in [4.69, 9.17) is 9.47 Å². The summed E-state index contributed by atoms with van der Waals surface area (Å²) in [6.07, 6.45) is 0.947. The standard InChI is InChI=1S/C15H16O3/c1-11-9-14(11)15(16)18-8-4-6-12-5-3-7-13(10-12)17-2/h3,5,7,10-11,14H,8-9H2,1-2H3/t11-,14+/m0/s1. The quantitative estimate of drug-likeness (QED) is 0.604. The summed E-state index contributed by atoms with van der Waals surface area (Å²) in [5.41, 5.74) is 0.852.